The number of carbonyl (C=O) groups is 1. The molecule has 168 valence electrons. The van der Waals surface area contributed by atoms with Gasteiger partial charge in [-0.25, -0.2) is 23.1 Å². The Kier molecular flexibility index (Phi) is 7.98. The fourth-order valence-corrected chi connectivity index (χ4v) is 4.68. The average molecular weight is 517 g/mol. The summed E-state index contributed by atoms with van der Waals surface area (Å²) < 4.78 is 28.0. The highest BCUT2D eigenvalue weighted by Gasteiger charge is 2.22. The fourth-order valence-electron chi connectivity index (χ4n) is 3.12. The number of rotatable bonds is 9. The van der Waals surface area contributed by atoms with Crippen LogP contribution < -0.4 is 9.62 Å². The first-order valence-corrected chi connectivity index (χ1v) is 12.5. The van der Waals surface area contributed by atoms with E-state index < -0.39 is 15.9 Å². The first-order chi connectivity index (χ1) is 15.3. The van der Waals surface area contributed by atoms with Crippen LogP contribution in [-0.2, 0) is 22.9 Å². The van der Waals surface area contributed by atoms with Crippen molar-refractivity contribution in [1.29, 1.82) is 0 Å². The molecule has 7 nitrogen and oxygen atoms in total. The van der Waals surface area contributed by atoms with Crippen molar-refractivity contribution in [1.82, 2.24) is 14.7 Å². The van der Waals surface area contributed by atoms with Gasteiger partial charge in [0.15, 0.2) is 0 Å². The molecule has 0 saturated heterocycles. The van der Waals surface area contributed by atoms with Crippen molar-refractivity contribution in [3.63, 3.8) is 0 Å². The van der Waals surface area contributed by atoms with Crippen molar-refractivity contribution in [2.24, 2.45) is 0 Å². The van der Waals surface area contributed by atoms with Crippen LogP contribution in [0.1, 0.15) is 35.0 Å². The molecule has 0 unspecified atom stereocenters. The number of hydrogen-bond donors (Lipinski definition) is 1. The molecule has 1 aromatic heterocycles. The molecule has 1 amide bonds. The summed E-state index contributed by atoms with van der Waals surface area (Å²) in [7, 11) is -2.13. The van der Waals surface area contributed by atoms with Crippen LogP contribution in [0.5, 0.6) is 0 Å². The van der Waals surface area contributed by atoms with E-state index in [-0.39, 0.29) is 10.5 Å². The van der Waals surface area contributed by atoms with Gasteiger partial charge >= 0.3 is 0 Å². The van der Waals surface area contributed by atoms with E-state index in [0.717, 1.165) is 12.8 Å². The van der Waals surface area contributed by atoms with Gasteiger partial charge in [-0.3, -0.25) is 4.79 Å². The van der Waals surface area contributed by atoms with Crippen molar-refractivity contribution >= 4 is 37.8 Å². The van der Waals surface area contributed by atoms with Gasteiger partial charge in [-0.2, -0.15) is 0 Å². The Balaban J connectivity index is 1.78. The molecule has 0 saturated carbocycles. The Morgan fingerprint density at radius 1 is 1.09 bits per heavy atom. The molecular weight excluding hydrogens is 492 g/mol. The largest absolute Gasteiger partial charge is 0.344 e. The third kappa shape index (κ3) is 6.14. The molecule has 2 aromatic carbocycles. The molecule has 1 heterocycles. The Morgan fingerprint density at radius 2 is 1.84 bits per heavy atom. The summed E-state index contributed by atoms with van der Waals surface area (Å²) in [6, 6.07) is 16.3. The number of likely N-dealkylation sites (N-methyl/N-ethyl adjacent to an activating group) is 1. The number of sulfonamides is 1. The van der Waals surface area contributed by atoms with E-state index in [4.69, 9.17) is 0 Å². The van der Waals surface area contributed by atoms with Crippen LogP contribution in [0.15, 0.2) is 70.2 Å². The molecule has 0 aliphatic rings. The summed E-state index contributed by atoms with van der Waals surface area (Å²) in [6.45, 7) is 2.68. The van der Waals surface area contributed by atoms with Gasteiger partial charge in [0.2, 0.25) is 5.95 Å². The monoisotopic (exact) mass is 516 g/mol. The lowest BCUT2D eigenvalue weighted by molar-refractivity contribution is 0.0979. The summed E-state index contributed by atoms with van der Waals surface area (Å²) in [4.78, 5) is 23.6. The molecule has 9 heteroatoms. The van der Waals surface area contributed by atoms with Crippen LogP contribution in [0.3, 0.4) is 0 Å². The van der Waals surface area contributed by atoms with Gasteiger partial charge in [0, 0.05) is 24.3 Å². The molecule has 1 N–H and O–H groups in total. The van der Waals surface area contributed by atoms with E-state index in [0.29, 0.717) is 29.1 Å². The van der Waals surface area contributed by atoms with E-state index in [2.05, 4.69) is 42.8 Å². The highest BCUT2D eigenvalue weighted by molar-refractivity contribution is 9.10. The van der Waals surface area contributed by atoms with Crippen LogP contribution >= 0.6 is 15.9 Å². The number of amides is 1. The van der Waals surface area contributed by atoms with Crippen molar-refractivity contribution in [3.8, 4) is 0 Å². The predicted octanol–water partition coefficient (Wildman–Crippen LogP) is 3.99. The molecule has 0 radical (unpaired) electrons. The Morgan fingerprint density at radius 3 is 2.53 bits per heavy atom. The van der Waals surface area contributed by atoms with Gasteiger partial charge in [-0.05, 0) is 36.6 Å². The number of halogens is 1. The lowest BCUT2D eigenvalue weighted by Gasteiger charge is -2.19. The second kappa shape index (κ2) is 10.7. The number of nitrogens with zero attached hydrogens (tertiary/aromatic N) is 3. The second-order valence-corrected chi connectivity index (χ2v) is 9.93. The molecule has 0 aliphatic heterocycles. The van der Waals surface area contributed by atoms with E-state index in [9.17, 15) is 13.2 Å². The summed E-state index contributed by atoms with van der Waals surface area (Å²) in [5, 5.41) is 0. The molecule has 0 bridgehead atoms. The maximum absolute atomic E-state index is 12.8. The lowest BCUT2D eigenvalue weighted by atomic mass is 10.1. The van der Waals surface area contributed by atoms with Gasteiger partial charge in [-0.15, -0.1) is 0 Å². The third-order valence-electron chi connectivity index (χ3n) is 4.84. The SMILES string of the molecule is CCCc1nc(N(C)CCc2ccccc2)ncc1C(=O)NS(=O)(=O)c1cccc(Br)c1. The Labute approximate surface area is 197 Å². The maximum Gasteiger partial charge on any atom is 0.268 e. The molecule has 0 spiro atoms. The zero-order chi connectivity index (χ0) is 23.1. The van der Waals surface area contributed by atoms with Gasteiger partial charge < -0.3 is 4.90 Å². The Hall–Kier alpha value is -2.78. The lowest BCUT2D eigenvalue weighted by Crippen LogP contribution is -2.32. The fraction of sp³-hybridized carbons (Fsp3) is 0.261. The number of aryl methyl sites for hydroxylation is 1. The number of nitrogens with one attached hydrogen (secondary N) is 1. The van der Waals surface area contributed by atoms with E-state index in [1.165, 1.54) is 23.9 Å². The minimum atomic E-state index is -4.02. The number of benzene rings is 2. The van der Waals surface area contributed by atoms with Crippen LogP contribution in [0.25, 0.3) is 0 Å². The van der Waals surface area contributed by atoms with E-state index >= 15 is 0 Å². The molecule has 3 aromatic rings. The van der Waals surface area contributed by atoms with Crippen molar-refractivity contribution in [2.45, 2.75) is 31.1 Å². The molecule has 32 heavy (non-hydrogen) atoms. The van der Waals surface area contributed by atoms with Crippen LogP contribution in [0.4, 0.5) is 5.95 Å². The first-order valence-electron chi connectivity index (χ1n) is 10.2. The number of carbonyl (C=O) groups excluding carboxylic acids is 1. The molecule has 0 atom stereocenters. The summed E-state index contributed by atoms with van der Waals surface area (Å²) in [5.41, 5.74) is 1.89. The zero-order valence-corrected chi connectivity index (χ0v) is 20.4. The Bertz CT molecular complexity index is 1190. The van der Waals surface area contributed by atoms with Crippen LogP contribution in [-0.4, -0.2) is 37.9 Å². The van der Waals surface area contributed by atoms with Gasteiger partial charge in [-0.1, -0.05) is 65.7 Å². The number of aromatic nitrogens is 2. The van der Waals surface area contributed by atoms with Gasteiger partial charge in [0.25, 0.3) is 15.9 Å². The predicted molar refractivity (Wildman–Crippen MR) is 128 cm³/mol. The topological polar surface area (TPSA) is 92.3 Å². The summed E-state index contributed by atoms with van der Waals surface area (Å²) >= 11 is 3.25. The number of hydrogen-bond acceptors (Lipinski definition) is 6. The highest BCUT2D eigenvalue weighted by atomic mass is 79.9. The molecule has 3 rings (SSSR count). The second-order valence-electron chi connectivity index (χ2n) is 7.33. The molecular formula is C23H25BrN4O3S. The zero-order valence-electron chi connectivity index (χ0n) is 18.0. The normalized spacial score (nSPS) is 11.2. The quantitative estimate of drug-likeness (QED) is 0.462. The van der Waals surface area contributed by atoms with Crippen molar-refractivity contribution in [2.75, 3.05) is 18.5 Å². The van der Waals surface area contributed by atoms with Gasteiger partial charge in [0.1, 0.15) is 0 Å². The van der Waals surface area contributed by atoms with E-state index in [1.807, 2.05) is 37.1 Å². The third-order valence-corrected chi connectivity index (χ3v) is 6.66. The minimum Gasteiger partial charge on any atom is -0.344 e. The minimum absolute atomic E-state index is 0.00421. The smallest absolute Gasteiger partial charge is 0.268 e. The highest BCUT2D eigenvalue weighted by Crippen LogP contribution is 2.18. The maximum atomic E-state index is 12.8. The van der Waals surface area contributed by atoms with Gasteiger partial charge in [0.05, 0.1) is 16.2 Å². The summed E-state index contributed by atoms with van der Waals surface area (Å²) in [6.07, 6.45) is 3.51. The van der Waals surface area contributed by atoms with Crippen molar-refractivity contribution in [3.05, 3.63) is 82.1 Å². The first kappa shape index (κ1) is 23.9. The van der Waals surface area contributed by atoms with E-state index in [1.54, 1.807) is 12.1 Å². The molecule has 0 aliphatic carbocycles. The standard InChI is InChI=1S/C23H25BrN4O3S/c1-3-8-21-20(22(29)27-32(30,31)19-12-7-11-18(24)15-19)16-25-23(26-21)28(2)14-13-17-9-5-4-6-10-17/h4-7,9-12,15-16H,3,8,13-14H2,1-2H3,(H,27,29). The van der Waals surface area contributed by atoms with Crippen LogP contribution in [0, 0.1) is 0 Å². The van der Waals surface area contributed by atoms with Crippen molar-refractivity contribution < 1.29 is 13.2 Å². The number of anilines is 1. The molecule has 0 fully saturated rings. The summed E-state index contributed by atoms with van der Waals surface area (Å²) in [5.74, 6) is -0.248. The van der Waals surface area contributed by atoms with Crippen LogP contribution in [0.2, 0.25) is 0 Å². The average Bonchev–Trinajstić information content (AvgIpc) is 2.78.